The Labute approximate surface area is 160 Å². The highest BCUT2D eigenvalue weighted by atomic mass is 35.5. The van der Waals surface area contributed by atoms with Crippen molar-refractivity contribution in [2.45, 2.75) is 26.2 Å². The molecule has 3 nitrogen and oxygen atoms in total. The van der Waals surface area contributed by atoms with E-state index in [9.17, 15) is 0 Å². The van der Waals surface area contributed by atoms with Crippen LogP contribution in [-0.4, -0.2) is 17.8 Å². The van der Waals surface area contributed by atoms with E-state index in [0.29, 0.717) is 18.6 Å². The van der Waals surface area contributed by atoms with Crippen LogP contribution in [0.1, 0.15) is 22.6 Å². The van der Waals surface area contributed by atoms with Gasteiger partial charge in [0.15, 0.2) is 0 Å². The fraction of sp³-hybridized carbons (Fsp3) is 0.263. The Bertz CT molecular complexity index is 885. The number of nitrogens with one attached hydrogen (secondary N) is 1. The Balaban J connectivity index is 1.61. The molecule has 1 aromatic carbocycles. The summed E-state index contributed by atoms with van der Waals surface area (Å²) in [6.45, 7) is 2.08. The van der Waals surface area contributed by atoms with Gasteiger partial charge in [0.2, 0.25) is 0 Å². The molecule has 130 valence electrons. The summed E-state index contributed by atoms with van der Waals surface area (Å²) >= 11 is 9.12. The van der Waals surface area contributed by atoms with Crippen LogP contribution < -0.4 is 4.74 Å². The highest BCUT2D eigenvalue weighted by Crippen LogP contribution is 2.32. The zero-order chi connectivity index (χ0) is 17.8. The number of thiazole rings is 1. The van der Waals surface area contributed by atoms with Crippen molar-refractivity contribution < 1.29 is 4.74 Å². The molecule has 0 amide bonds. The number of thiophene rings is 1. The van der Waals surface area contributed by atoms with Crippen LogP contribution in [0.2, 0.25) is 4.34 Å². The molecule has 2 heterocycles. The highest BCUT2D eigenvalue weighted by molar-refractivity contribution is 7.19. The number of rotatable bonds is 7. The van der Waals surface area contributed by atoms with Gasteiger partial charge in [-0.25, -0.2) is 4.98 Å². The smallest absolute Gasteiger partial charge is 0.122 e. The monoisotopic (exact) mass is 390 g/mol. The van der Waals surface area contributed by atoms with E-state index in [2.05, 4.69) is 18.0 Å². The van der Waals surface area contributed by atoms with E-state index in [1.165, 1.54) is 22.5 Å². The van der Waals surface area contributed by atoms with Gasteiger partial charge in [0.1, 0.15) is 5.75 Å². The molecular formula is C19H19ClN2OS2. The maximum absolute atomic E-state index is 8.30. The lowest BCUT2D eigenvalue weighted by atomic mass is 10.0. The van der Waals surface area contributed by atoms with Crippen LogP contribution in [0.3, 0.4) is 0 Å². The van der Waals surface area contributed by atoms with Crippen molar-refractivity contribution >= 4 is 40.0 Å². The van der Waals surface area contributed by atoms with Gasteiger partial charge < -0.3 is 10.1 Å². The molecule has 0 atom stereocenters. The Kier molecular flexibility index (Phi) is 5.89. The second-order valence-electron chi connectivity index (χ2n) is 5.77. The fourth-order valence-corrected chi connectivity index (χ4v) is 4.61. The first-order chi connectivity index (χ1) is 12.1. The van der Waals surface area contributed by atoms with E-state index in [0.717, 1.165) is 32.1 Å². The van der Waals surface area contributed by atoms with Gasteiger partial charge in [-0.3, -0.25) is 0 Å². The predicted octanol–water partition coefficient (Wildman–Crippen LogP) is 6.04. The van der Waals surface area contributed by atoms with Crippen LogP contribution in [0.25, 0.3) is 10.6 Å². The van der Waals surface area contributed by atoms with E-state index < -0.39 is 0 Å². The number of ether oxygens (including phenoxy) is 1. The van der Waals surface area contributed by atoms with Gasteiger partial charge in [0.05, 0.1) is 27.0 Å². The minimum absolute atomic E-state index is 0.595. The number of nitrogens with zero attached hydrogens (tertiary/aromatic N) is 1. The van der Waals surface area contributed by atoms with Gasteiger partial charge >= 0.3 is 0 Å². The molecule has 6 heteroatoms. The van der Waals surface area contributed by atoms with Gasteiger partial charge in [-0.2, -0.15) is 0 Å². The van der Waals surface area contributed by atoms with E-state index >= 15 is 0 Å². The summed E-state index contributed by atoms with van der Waals surface area (Å²) in [5, 5.41) is 11.3. The molecule has 0 radical (unpaired) electrons. The Hall–Kier alpha value is -1.69. The van der Waals surface area contributed by atoms with Gasteiger partial charge in [0.25, 0.3) is 0 Å². The molecule has 3 aromatic rings. The predicted molar refractivity (Wildman–Crippen MR) is 108 cm³/mol. The third-order valence-corrected chi connectivity index (χ3v) is 6.11. The molecule has 0 spiro atoms. The van der Waals surface area contributed by atoms with Crippen molar-refractivity contribution in [2.75, 3.05) is 7.11 Å². The van der Waals surface area contributed by atoms with Crippen molar-refractivity contribution in [1.82, 2.24) is 4.98 Å². The van der Waals surface area contributed by atoms with Crippen molar-refractivity contribution in [1.29, 1.82) is 5.41 Å². The van der Waals surface area contributed by atoms with Gasteiger partial charge in [-0.15, -0.1) is 22.7 Å². The molecule has 0 bridgehead atoms. The second-order valence-corrected chi connectivity index (χ2v) is 8.42. The van der Waals surface area contributed by atoms with Crippen molar-refractivity contribution in [3.63, 3.8) is 0 Å². The summed E-state index contributed by atoms with van der Waals surface area (Å²) in [6, 6.07) is 9.93. The molecule has 2 aromatic heterocycles. The lowest BCUT2D eigenvalue weighted by molar-refractivity contribution is 0.409. The lowest BCUT2D eigenvalue weighted by Gasteiger charge is -2.11. The molecule has 0 saturated carbocycles. The summed E-state index contributed by atoms with van der Waals surface area (Å²) in [5.41, 5.74) is 4.03. The lowest BCUT2D eigenvalue weighted by Crippen LogP contribution is -2.05. The van der Waals surface area contributed by atoms with Gasteiger partial charge in [0, 0.05) is 17.5 Å². The molecule has 25 heavy (non-hydrogen) atoms. The summed E-state index contributed by atoms with van der Waals surface area (Å²) < 4.78 is 6.21. The average molecular weight is 391 g/mol. The molecule has 0 unspecified atom stereocenters. The number of aryl methyl sites for hydroxylation is 1. The van der Waals surface area contributed by atoms with Gasteiger partial charge in [-0.05, 0) is 49.1 Å². The molecule has 0 aliphatic rings. The number of halogens is 1. The van der Waals surface area contributed by atoms with Crippen LogP contribution in [0.4, 0.5) is 0 Å². The van der Waals surface area contributed by atoms with Crippen LogP contribution in [-0.2, 0) is 12.8 Å². The summed E-state index contributed by atoms with van der Waals surface area (Å²) in [4.78, 5) is 5.72. The molecule has 0 saturated heterocycles. The number of methoxy groups -OCH3 is 1. The van der Waals surface area contributed by atoms with Crippen molar-refractivity contribution in [3.05, 3.63) is 56.2 Å². The zero-order valence-electron chi connectivity index (χ0n) is 14.1. The molecular weight excluding hydrogens is 372 g/mol. The quantitative estimate of drug-likeness (QED) is 0.500. The minimum Gasteiger partial charge on any atom is -0.496 e. The van der Waals surface area contributed by atoms with E-state index in [4.69, 9.17) is 21.7 Å². The molecule has 3 rings (SSSR count). The summed E-state index contributed by atoms with van der Waals surface area (Å²) in [5.74, 6) is 0.902. The van der Waals surface area contributed by atoms with E-state index in [1.54, 1.807) is 18.4 Å². The largest absolute Gasteiger partial charge is 0.496 e. The minimum atomic E-state index is 0.595. The van der Waals surface area contributed by atoms with Crippen LogP contribution in [0, 0.1) is 12.3 Å². The number of aromatic nitrogens is 1. The molecule has 0 aliphatic carbocycles. The van der Waals surface area contributed by atoms with E-state index in [-0.39, 0.29) is 0 Å². The third kappa shape index (κ3) is 4.48. The first kappa shape index (κ1) is 18.1. The first-order valence-electron chi connectivity index (χ1n) is 7.95. The molecule has 0 fully saturated rings. The van der Waals surface area contributed by atoms with Gasteiger partial charge in [-0.1, -0.05) is 23.7 Å². The number of hydrogen-bond donors (Lipinski definition) is 1. The maximum Gasteiger partial charge on any atom is 0.122 e. The topological polar surface area (TPSA) is 46.0 Å². The molecule has 0 aliphatic heterocycles. The van der Waals surface area contributed by atoms with Crippen LogP contribution in [0.15, 0.2) is 35.7 Å². The Morgan fingerprint density at radius 3 is 2.84 bits per heavy atom. The summed E-state index contributed by atoms with van der Waals surface area (Å²) in [7, 11) is 1.69. The Morgan fingerprint density at radius 2 is 2.12 bits per heavy atom. The number of hydrogen-bond acceptors (Lipinski definition) is 5. The SMILES string of the molecule is COc1cccc(C)c1CCC(=N)Cc1nc(-c2ccc(Cl)s2)cs1. The average Bonchev–Trinajstić information content (AvgIpc) is 3.22. The normalized spacial score (nSPS) is 10.8. The number of benzene rings is 1. The second kappa shape index (κ2) is 8.13. The standard InChI is InChI=1S/C19H19ClN2OS2/c1-12-4-3-5-16(23-2)14(12)7-6-13(21)10-19-22-15(11-24-19)17-8-9-18(20)25-17/h3-5,8-9,11,21H,6-7,10H2,1-2H3. The van der Waals surface area contributed by atoms with E-state index in [1.807, 2.05) is 29.6 Å². The molecule has 1 N–H and O–H groups in total. The van der Waals surface area contributed by atoms with Crippen molar-refractivity contribution in [2.24, 2.45) is 0 Å². The van der Waals surface area contributed by atoms with Crippen LogP contribution in [0.5, 0.6) is 5.75 Å². The maximum atomic E-state index is 8.30. The van der Waals surface area contributed by atoms with Crippen LogP contribution >= 0.6 is 34.3 Å². The summed E-state index contributed by atoms with van der Waals surface area (Å²) in [6.07, 6.45) is 2.12. The Morgan fingerprint density at radius 1 is 1.28 bits per heavy atom. The first-order valence-corrected chi connectivity index (χ1v) is 10.0. The van der Waals surface area contributed by atoms with Crippen molar-refractivity contribution in [3.8, 4) is 16.3 Å². The third-order valence-electron chi connectivity index (χ3n) is 4.01. The fourth-order valence-electron chi connectivity index (χ4n) is 2.69. The zero-order valence-corrected chi connectivity index (χ0v) is 16.5. The highest BCUT2D eigenvalue weighted by Gasteiger charge is 2.11.